The summed E-state index contributed by atoms with van der Waals surface area (Å²) < 4.78 is 11.9. The fourth-order valence-corrected chi connectivity index (χ4v) is 3.84. The first-order chi connectivity index (χ1) is 16.9. The fraction of sp³-hybridized carbons (Fsp3) is 0.323. The number of aryl methyl sites for hydroxylation is 2. The van der Waals surface area contributed by atoms with Crippen LogP contribution in [0.4, 0.5) is 0 Å². The number of ether oxygens (including phenoxy) is 2. The van der Waals surface area contributed by atoms with Crippen LogP contribution >= 0.6 is 0 Å². The molecule has 184 valence electrons. The van der Waals surface area contributed by atoms with Crippen LogP contribution in [0.15, 0.2) is 66.7 Å². The molecule has 4 heteroatoms. The van der Waals surface area contributed by atoms with Crippen molar-refractivity contribution in [1.29, 1.82) is 0 Å². The lowest BCUT2D eigenvalue weighted by Gasteiger charge is -2.15. The Labute approximate surface area is 210 Å². The number of unbranched alkanes of at least 4 members (excludes halogenated alkanes) is 1. The number of hydrogen-bond donors (Lipinski definition) is 0. The van der Waals surface area contributed by atoms with Crippen LogP contribution in [0.5, 0.6) is 11.5 Å². The van der Waals surface area contributed by atoms with Gasteiger partial charge in [-0.15, -0.1) is 0 Å². The second-order valence-corrected chi connectivity index (χ2v) is 9.18. The quantitative estimate of drug-likeness (QED) is 0.162. The van der Waals surface area contributed by atoms with E-state index < -0.39 is 0 Å². The Morgan fingerprint density at radius 1 is 0.857 bits per heavy atom. The fourth-order valence-electron chi connectivity index (χ4n) is 3.84. The number of rotatable bonds is 12. The molecule has 0 aromatic heterocycles. The summed E-state index contributed by atoms with van der Waals surface area (Å²) in [6.45, 7) is 8.25. The van der Waals surface area contributed by atoms with Gasteiger partial charge in [-0.25, -0.2) is 0 Å². The molecule has 0 N–H and O–H groups in total. The van der Waals surface area contributed by atoms with Crippen molar-refractivity contribution < 1.29 is 14.3 Å². The topological polar surface area (TPSA) is 38.8 Å². The van der Waals surface area contributed by atoms with Crippen LogP contribution in [0, 0.1) is 13.8 Å². The van der Waals surface area contributed by atoms with Crippen LogP contribution in [0.2, 0.25) is 0 Å². The van der Waals surface area contributed by atoms with Crippen LogP contribution in [0.3, 0.4) is 0 Å². The van der Waals surface area contributed by atoms with Gasteiger partial charge in [0, 0.05) is 12.1 Å². The molecular weight excluding hydrogens is 434 g/mol. The Morgan fingerprint density at radius 3 is 2.29 bits per heavy atom. The van der Waals surface area contributed by atoms with Crippen molar-refractivity contribution in [3.8, 4) is 22.6 Å². The minimum absolute atomic E-state index is 0.0977. The summed E-state index contributed by atoms with van der Waals surface area (Å²) in [6.07, 6.45) is 5.51. The number of nitrogens with zero attached hydrogens (tertiary/aromatic N) is 1. The lowest BCUT2D eigenvalue weighted by atomic mass is 9.97. The van der Waals surface area contributed by atoms with Crippen LogP contribution in [0.25, 0.3) is 17.2 Å². The van der Waals surface area contributed by atoms with Gasteiger partial charge in [-0.2, -0.15) is 0 Å². The number of carbonyl (C=O) groups is 1. The normalized spacial score (nSPS) is 11.3. The summed E-state index contributed by atoms with van der Waals surface area (Å²) in [4.78, 5) is 15.5. The molecule has 0 spiro atoms. The van der Waals surface area contributed by atoms with E-state index in [0.29, 0.717) is 24.5 Å². The van der Waals surface area contributed by atoms with Gasteiger partial charge in [-0.1, -0.05) is 66.9 Å². The second-order valence-electron chi connectivity index (χ2n) is 9.18. The van der Waals surface area contributed by atoms with Crippen molar-refractivity contribution in [2.75, 3.05) is 33.9 Å². The number of benzene rings is 3. The Bertz CT molecular complexity index is 1140. The molecule has 0 amide bonds. The second kappa shape index (κ2) is 12.9. The van der Waals surface area contributed by atoms with Crippen LogP contribution in [-0.2, 0) is 0 Å². The number of likely N-dealkylation sites (N-methyl/N-ethyl adjacent to an activating group) is 1. The standard InChI is InChI=1S/C31H37NO3/c1-6-7-17-34-30-11-9-8-10-25(30)12-14-29(33)28-22-26(27-20-23(2)19-24(3)21-27)13-15-31(28)35-18-16-32(4)5/h8-15,19-22H,6-7,16-18H2,1-5H3. The highest BCUT2D eigenvalue weighted by Crippen LogP contribution is 2.29. The molecule has 0 radical (unpaired) electrons. The van der Waals surface area contributed by atoms with Crippen molar-refractivity contribution in [2.45, 2.75) is 33.6 Å². The molecule has 0 aliphatic carbocycles. The maximum atomic E-state index is 13.4. The molecule has 4 nitrogen and oxygen atoms in total. The van der Waals surface area contributed by atoms with E-state index in [-0.39, 0.29) is 5.78 Å². The highest BCUT2D eigenvalue weighted by Gasteiger charge is 2.14. The van der Waals surface area contributed by atoms with Crippen molar-refractivity contribution >= 4 is 11.9 Å². The zero-order chi connectivity index (χ0) is 25.2. The van der Waals surface area contributed by atoms with Gasteiger partial charge in [-0.3, -0.25) is 4.79 Å². The lowest BCUT2D eigenvalue weighted by molar-refractivity contribution is 0.104. The lowest BCUT2D eigenvalue weighted by Crippen LogP contribution is -2.20. The summed E-state index contributed by atoms with van der Waals surface area (Å²) in [5.41, 5.74) is 5.92. The monoisotopic (exact) mass is 471 g/mol. The van der Waals surface area contributed by atoms with E-state index >= 15 is 0 Å². The van der Waals surface area contributed by atoms with Crippen molar-refractivity contribution in [2.24, 2.45) is 0 Å². The van der Waals surface area contributed by atoms with E-state index in [1.54, 1.807) is 6.08 Å². The summed E-state index contributed by atoms with van der Waals surface area (Å²) in [7, 11) is 4.00. The largest absolute Gasteiger partial charge is 0.493 e. The summed E-state index contributed by atoms with van der Waals surface area (Å²) in [5, 5.41) is 0. The minimum atomic E-state index is -0.0977. The van der Waals surface area contributed by atoms with Crippen molar-refractivity contribution in [3.63, 3.8) is 0 Å². The highest BCUT2D eigenvalue weighted by atomic mass is 16.5. The maximum absolute atomic E-state index is 13.4. The molecule has 0 fully saturated rings. The van der Waals surface area contributed by atoms with Crippen LogP contribution < -0.4 is 9.47 Å². The van der Waals surface area contributed by atoms with Gasteiger partial charge in [0.05, 0.1) is 12.2 Å². The van der Waals surface area contributed by atoms with Crippen molar-refractivity contribution in [1.82, 2.24) is 4.90 Å². The molecule has 0 bridgehead atoms. The summed E-state index contributed by atoms with van der Waals surface area (Å²) in [6, 6.07) is 20.1. The van der Waals surface area contributed by atoms with E-state index in [2.05, 4.69) is 43.9 Å². The van der Waals surface area contributed by atoms with Crippen LogP contribution in [-0.4, -0.2) is 44.5 Å². The predicted octanol–water partition coefficient (Wildman–Crippen LogP) is 6.99. The van der Waals surface area contributed by atoms with E-state index in [9.17, 15) is 4.79 Å². The molecule has 0 heterocycles. The molecule has 3 aromatic carbocycles. The van der Waals surface area contributed by atoms with Crippen LogP contribution in [0.1, 0.15) is 46.8 Å². The maximum Gasteiger partial charge on any atom is 0.189 e. The molecule has 0 atom stereocenters. The summed E-state index contributed by atoms with van der Waals surface area (Å²) >= 11 is 0. The van der Waals surface area contributed by atoms with Gasteiger partial charge in [-0.05, 0) is 75.8 Å². The van der Waals surface area contributed by atoms with Crippen molar-refractivity contribution in [3.05, 3.63) is 89.0 Å². The molecule has 3 rings (SSSR count). The Hall–Kier alpha value is -3.37. The average molecular weight is 472 g/mol. The molecule has 0 saturated heterocycles. The molecule has 0 saturated carbocycles. The number of hydrogen-bond acceptors (Lipinski definition) is 4. The van der Waals surface area contributed by atoms with E-state index in [0.717, 1.165) is 41.8 Å². The summed E-state index contributed by atoms with van der Waals surface area (Å²) in [5.74, 6) is 1.29. The van der Waals surface area contributed by atoms with Gasteiger partial charge in [0.15, 0.2) is 5.78 Å². The molecular formula is C31H37NO3. The van der Waals surface area contributed by atoms with Gasteiger partial charge in [0.2, 0.25) is 0 Å². The van der Waals surface area contributed by atoms with E-state index in [1.807, 2.05) is 62.6 Å². The zero-order valence-electron chi connectivity index (χ0n) is 21.6. The third kappa shape index (κ3) is 7.83. The first-order valence-electron chi connectivity index (χ1n) is 12.3. The predicted molar refractivity (Wildman–Crippen MR) is 146 cm³/mol. The van der Waals surface area contributed by atoms with Gasteiger partial charge in [0.1, 0.15) is 18.1 Å². The highest BCUT2D eigenvalue weighted by molar-refractivity contribution is 6.09. The molecule has 35 heavy (non-hydrogen) atoms. The first kappa shape index (κ1) is 26.2. The first-order valence-corrected chi connectivity index (χ1v) is 12.3. The Kier molecular flexibility index (Phi) is 9.68. The SMILES string of the molecule is CCCCOc1ccccc1C=CC(=O)c1cc(-c2cc(C)cc(C)c2)ccc1OCCN(C)C. The zero-order valence-corrected chi connectivity index (χ0v) is 21.6. The smallest absolute Gasteiger partial charge is 0.189 e. The number of ketones is 1. The molecule has 0 unspecified atom stereocenters. The Morgan fingerprint density at radius 2 is 1.57 bits per heavy atom. The van der Waals surface area contributed by atoms with E-state index in [1.165, 1.54) is 11.1 Å². The minimum Gasteiger partial charge on any atom is -0.493 e. The Balaban J connectivity index is 1.92. The average Bonchev–Trinajstić information content (AvgIpc) is 2.82. The number of carbonyl (C=O) groups excluding carboxylic acids is 1. The van der Waals surface area contributed by atoms with Gasteiger partial charge in [0.25, 0.3) is 0 Å². The number of para-hydroxylation sites is 1. The molecule has 0 aliphatic heterocycles. The van der Waals surface area contributed by atoms with Gasteiger partial charge >= 0.3 is 0 Å². The van der Waals surface area contributed by atoms with Gasteiger partial charge < -0.3 is 14.4 Å². The molecule has 3 aromatic rings. The third-order valence-corrected chi connectivity index (χ3v) is 5.68. The molecule has 0 aliphatic rings. The number of allylic oxidation sites excluding steroid dienone is 1. The van der Waals surface area contributed by atoms with E-state index in [4.69, 9.17) is 9.47 Å². The third-order valence-electron chi connectivity index (χ3n) is 5.68.